The van der Waals surface area contributed by atoms with Crippen molar-refractivity contribution in [2.75, 3.05) is 19.3 Å². The summed E-state index contributed by atoms with van der Waals surface area (Å²) in [4.78, 5) is 27.2. The van der Waals surface area contributed by atoms with Gasteiger partial charge in [0.05, 0.1) is 9.73 Å². The summed E-state index contributed by atoms with van der Waals surface area (Å²) in [6.45, 7) is 2.70. The van der Waals surface area contributed by atoms with Crippen LogP contribution in [-0.4, -0.2) is 51.4 Å². The maximum absolute atomic E-state index is 13.5. The molecule has 0 aromatic carbocycles. The van der Waals surface area contributed by atoms with Gasteiger partial charge in [0, 0.05) is 48.8 Å². The molecule has 0 bridgehead atoms. The molecule has 5 nitrogen and oxygen atoms in total. The smallest absolute Gasteiger partial charge is 0.256 e. The van der Waals surface area contributed by atoms with Gasteiger partial charge >= 0.3 is 0 Å². The summed E-state index contributed by atoms with van der Waals surface area (Å²) in [7, 11) is -2.65. The standard InChI is InChI=1S/C22H34F2N2O3S/c1-20(8-10-22(23,24)11-9-20)19(28)26-12-4-17(5-13-26)30(2,29)25-18(27)16-14-21(15-16)6-3-7-21/h16-17H,3-15H2,1-2H3. The zero-order valence-electron chi connectivity index (χ0n) is 18.1. The van der Waals surface area contributed by atoms with Crippen molar-refractivity contribution in [3.63, 3.8) is 0 Å². The predicted molar refractivity (Wildman–Crippen MR) is 112 cm³/mol. The molecule has 4 aliphatic rings. The number of likely N-dealkylation sites (tertiary alicyclic amines) is 1. The first-order valence-electron chi connectivity index (χ1n) is 11.4. The average Bonchev–Trinajstić information content (AvgIpc) is 2.61. The zero-order valence-corrected chi connectivity index (χ0v) is 18.9. The van der Waals surface area contributed by atoms with Gasteiger partial charge in [-0.05, 0) is 56.8 Å². The van der Waals surface area contributed by atoms with E-state index < -0.39 is 21.1 Å². The van der Waals surface area contributed by atoms with Crippen molar-refractivity contribution in [1.82, 2.24) is 4.90 Å². The van der Waals surface area contributed by atoms with E-state index in [0.29, 0.717) is 31.3 Å². The van der Waals surface area contributed by atoms with Gasteiger partial charge in [-0.1, -0.05) is 13.3 Å². The first-order valence-corrected chi connectivity index (χ1v) is 13.3. The normalized spacial score (nSPS) is 30.1. The van der Waals surface area contributed by atoms with Crippen molar-refractivity contribution < 1.29 is 22.6 Å². The largest absolute Gasteiger partial charge is 0.342 e. The summed E-state index contributed by atoms with van der Waals surface area (Å²) in [5, 5.41) is -0.202. The Bertz CT molecular complexity index is 819. The van der Waals surface area contributed by atoms with Crippen molar-refractivity contribution in [3.05, 3.63) is 0 Å². The van der Waals surface area contributed by atoms with E-state index in [1.165, 1.54) is 19.3 Å². The van der Waals surface area contributed by atoms with Crippen molar-refractivity contribution in [1.29, 1.82) is 0 Å². The molecule has 170 valence electrons. The van der Waals surface area contributed by atoms with Gasteiger partial charge in [0.25, 0.3) is 5.91 Å². The molecule has 1 aliphatic heterocycles. The lowest BCUT2D eigenvalue weighted by Crippen LogP contribution is -2.50. The highest BCUT2D eigenvalue weighted by atomic mass is 32.2. The third-order valence-corrected chi connectivity index (χ3v) is 10.6. The molecule has 1 saturated heterocycles. The molecule has 30 heavy (non-hydrogen) atoms. The Labute approximate surface area is 178 Å². The third-order valence-electron chi connectivity index (χ3n) is 8.34. The third kappa shape index (κ3) is 4.17. The van der Waals surface area contributed by atoms with E-state index >= 15 is 0 Å². The van der Waals surface area contributed by atoms with Crippen LogP contribution in [0, 0.1) is 16.7 Å². The highest BCUT2D eigenvalue weighted by Crippen LogP contribution is 2.59. The second-order valence-corrected chi connectivity index (χ2v) is 13.2. The number of piperidine rings is 1. The highest BCUT2D eigenvalue weighted by Gasteiger charge is 2.51. The lowest BCUT2D eigenvalue weighted by Gasteiger charge is -2.53. The number of hydrogen-bond donors (Lipinski definition) is 0. The molecule has 3 saturated carbocycles. The topological polar surface area (TPSA) is 66.8 Å². The van der Waals surface area contributed by atoms with Gasteiger partial charge in [0.2, 0.25) is 11.8 Å². The minimum atomic E-state index is -2.66. The molecule has 0 N–H and O–H groups in total. The monoisotopic (exact) mass is 444 g/mol. The maximum Gasteiger partial charge on any atom is 0.256 e. The summed E-state index contributed by atoms with van der Waals surface area (Å²) in [6, 6.07) is 0. The van der Waals surface area contributed by atoms with E-state index in [0.717, 1.165) is 12.8 Å². The second-order valence-electron chi connectivity index (χ2n) is 10.7. The zero-order chi connectivity index (χ0) is 21.8. The molecule has 3 aliphatic carbocycles. The first kappa shape index (κ1) is 22.2. The van der Waals surface area contributed by atoms with Crippen LogP contribution in [0.1, 0.15) is 77.6 Å². The molecule has 0 aromatic rings. The number of alkyl halides is 2. The number of amides is 2. The van der Waals surface area contributed by atoms with Crippen LogP contribution >= 0.6 is 0 Å². The molecule has 1 atom stereocenters. The van der Waals surface area contributed by atoms with Crippen LogP contribution in [-0.2, 0) is 19.3 Å². The molecule has 1 unspecified atom stereocenters. The van der Waals surface area contributed by atoms with Gasteiger partial charge in [-0.15, -0.1) is 0 Å². The van der Waals surface area contributed by atoms with Crippen LogP contribution in [0.4, 0.5) is 8.78 Å². The van der Waals surface area contributed by atoms with Crippen LogP contribution in [0.5, 0.6) is 0 Å². The molecule has 1 heterocycles. The number of rotatable bonds is 3. The number of carbonyl (C=O) groups is 2. The SMILES string of the molecule is CC1(C(=O)N2CCC(S(C)(=O)=NC(=O)C3CC4(CCC4)C3)CC2)CCC(F)(F)CC1. The number of nitrogens with zero attached hydrogens (tertiary/aromatic N) is 2. The fourth-order valence-corrected chi connectivity index (χ4v) is 7.57. The quantitative estimate of drug-likeness (QED) is 0.648. The summed E-state index contributed by atoms with van der Waals surface area (Å²) in [5.41, 5.74) is -0.348. The van der Waals surface area contributed by atoms with E-state index in [4.69, 9.17) is 0 Å². The fourth-order valence-electron chi connectivity index (χ4n) is 5.83. The average molecular weight is 445 g/mol. The van der Waals surface area contributed by atoms with Crippen molar-refractivity contribution in [2.24, 2.45) is 21.1 Å². The predicted octanol–water partition coefficient (Wildman–Crippen LogP) is 4.40. The fraction of sp³-hybridized carbons (Fsp3) is 0.909. The lowest BCUT2D eigenvalue weighted by atomic mass is 9.52. The molecule has 2 amide bonds. The Morgan fingerprint density at radius 3 is 2.07 bits per heavy atom. The molecular weight excluding hydrogens is 410 g/mol. The summed E-state index contributed by atoms with van der Waals surface area (Å²) in [5.74, 6) is -2.98. The van der Waals surface area contributed by atoms with Crippen molar-refractivity contribution >= 4 is 21.5 Å². The van der Waals surface area contributed by atoms with E-state index in [2.05, 4.69) is 4.36 Å². The molecule has 4 fully saturated rings. The minimum Gasteiger partial charge on any atom is -0.342 e. The first-order chi connectivity index (χ1) is 13.9. The maximum atomic E-state index is 13.5. The molecule has 4 rings (SSSR count). The van der Waals surface area contributed by atoms with Crippen LogP contribution in [0.3, 0.4) is 0 Å². The van der Waals surface area contributed by atoms with Gasteiger partial charge in [-0.2, -0.15) is 4.36 Å². The number of carbonyl (C=O) groups excluding carboxylic acids is 2. The Balaban J connectivity index is 1.31. The number of halogens is 2. The van der Waals surface area contributed by atoms with Gasteiger partial charge in [-0.25, -0.2) is 13.0 Å². The molecule has 8 heteroatoms. The molecular formula is C22H34F2N2O3S. The molecule has 0 radical (unpaired) electrons. The van der Waals surface area contributed by atoms with Gasteiger partial charge in [0.1, 0.15) is 0 Å². The summed E-state index contributed by atoms with van der Waals surface area (Å²) in [6.07, 6.45) is 8.06. The van der Waals surface area contributed by atoms with Gasteiger partial charge < -0.3 is 4.90 Å². The van der Waals surface area contributed by atoms with Gasteiger partial charge in [-0.3, -0.25) is 9.59 Å². The Morgan fingerprint density at radius 1 is 1.00 bits per heavy atom. The Hall–Kier alpha value is -1.05. The van der Waals surface area contributed by atoms with E-state index in [1.807, 2.05) is 0 Å². The van der Waals surface area contributed by atoms with Crippen LogP contribution in [0.15, 0.2) is 4.36 Å². The van der Waals surface area contributed by atoms with Gasteiger partial charge in [0.15, 0.2) is 0 Å². The van der Waals surface area contributed by atoms with E-state index in [9.17, 15) is 22.6 Å². The molecule has 1 spiro atoms. The summed E-state index contributed by atoms with van der Waals surface area (Å²) < 4.78 is 44.3. The van der Waals surface area contributed by atoms with Crippen molar-refractivity contribution in [2.45, 2.75) is 88.7 Å². The second kappa shape index (κ2) is 7.52. The number of hydrogen-bond acceptors (Lipinski definition) is 3. The Kier molecular flexibility index (Phi) is 5.55. The van der Waals surface area contributed by atoms with E-state index in [1.54, 1.807) is 18.1 Å². The molecule has 0 aromatic heterocycles. The summed E-state index contributed by atoms with van der Waals surface area (Å²) >= 11 is 0. The van der Waals surface area contributed by atoms with Crippen LogP contribution < -0.4 is 0 Å². The Morgan fingerprint density at radius 2 is 1.57 bits per heavy atom. The van der Waals surface area contributed by atoms with E-state index in [-0.39, 0.29) is 48.7 Å². The minimum absolute atomic E-state index is 0.0582. The lowest BCUT2D eigenvalue weighted by molar-refractivity contribution is -0.149. The highest BCUT2D eigenvalue weighted by molar-refractivity contribution is 7.93. The van der Waals surface area contributed by atoms with Crippen LogP contribution in [0.2, 0.25) is 0 Å². The van der Waals surface area contributed by atoms with Crippen molar-refractivity contribution in [3.8, 4) is 0 Å². The van der Waals surface area contributed by atoms with Crippen LogP contribution in [0.25, 0.3) is 0 Å².